The molecule has 2 aliphatic heterocycles. The average molecular weight is 439 g/mol. The molecule has 32 heavy (non-hydrogen) atoms. The number of piperidine rings is 1. The molecule has 0 amide bonds. The van der Waals surface area contributed by atoms with Crippen LogP contribution < -0.4 is 10.00 Å². The molecule has 3 atom stereocenters. The number of hydrogen-bond donors (Lipinski definition) is 1. The Balaban J connectivity index is 1.40. The molecule has 0 bridgehead atoms. The summed E-state index contributed by atoms with van der Waals surface area (Å²) < 4.78 is 8.07. The lowest BCUT2D eigenvalue weighted by Crippen LogP contribution is -2.56. The summed E-state index contributed by atoms with van der Waals surface area (Å²) in [6.45, 7) is 8.41. The zero-order chi connectivity index (χ0) is 22.2. The van der Waals surface area contributed by atoms with Gasteiger partial charge < -0.3 is 10.1 Å². The van der Waals surface area contributed by atoms with E-state index < -0.39 is 0 Å². The molecule has 1 N–H and O–H groups in total. The van der Waals surface area contributed by atoms with Crippen molar-refractivity contribution >= 4 is 0 Å². The van der Waals surface area contributed by atoms with Crippen molar-refractivity contribution < 1.29 is 9.42 Å². The van der Waals surface area contributed by atoms with Crippen LogP contribution in [0.5, 0.6) is 0 Å². The highest BCUT2D eigenvalue weighted by molar-refractivity contribution is 5.21. The van der Waals surface area contributed by atoms with Crippen LogP contribution in [0, 0.1) is 13.8 Å². The molecule has 2 aliphatic rings. The molecule has 0 radical (unpaired) electrons. The summed E-state index contributed by atoms with van der Waals surface area (Å²) in [5, 5.41) is 8.36. The van der Waals surface area contributed by atoms with E-state index in [9.17, 15) is 0 Å². The predicted molar refractivity (Wildman–Crippen MR) is 126 cm³/mol. The summed E-state index contributed by atoms with van der Waals surface area (Å²) in [6, 6.07) is 8.79. The van der Waals surface area contributed by atoms with Crippen molar-refractivity contribution in [1.29, 1.82) is 0 Å². The first-order chi connectivity index (χ1) is 15.7. The Labute approximate surface area is 193 Å². The fourth-order valence-corrected chi connectivity index (χ4v) is 5.29. The first-order valence-corrected chi connectivity index (χ1v) is 12.6. The molecule has 6 heteroatoms. The third-order valence-electron chi connectivity index (χ3n) is 7.01. The molecular formula is C26H40N5O+. The van der Waals surface area contributed by atoms with Gasteiger partial charge in [-0.1, -0.05) is 10.7 Å². The molecule has 0 spiro atoms. The van der Waals surface area contributed by atoms with Crippen molar-refractivity contribution in [3.05, 3.63) is 53.6 Å². The molecule has 0 saturated carbocycles. The van der Waals surface area contributed by atoms with Crippen molar-refractivity contribution in [3.8, 4) is 0 Å². The topological polar surface area (TPSA) is 54.2 Å². The van der Waals surface area contributed by atoms with Crippen LogP contribution in [0.15, 0.2) is 36.7 Å². The number of rotatable bonds is 9. The number of likely N-dealkylation sites (tertiary alicyclic amines) is 1. The zero-order valence-corrected chi connectivity index (χ0v) is 19.9. The maximum atomic E-state index is 5.84. The number of unbranched alkanes of at least 4 members (excludes halogenated alkanes) is 1. The fourth-order valence-electron chi connectivity index (χ4n) is 5.29. The zero-order valence-electron chi connectivity index (χ0n) is 19.9. The van der Waals surface area contributed by atoms with E-state index in [1.54, 1.807) is 0 Å². The van der Waals surface area contributed by atoms with Crippen LogP contribution in [-0.2, 0) is 4.74 Å². The summed E-state index contributed by atoms with van der Waals surface area (Å²) in [7, 11) is 0. The predicted octanol–water partition coefficient (Wildman–Crippen LogP) is 4.05. The van der Waals surface area contributed by atoms with E-state index in [-0.39, 0.29) is 0 Å². The second-order valence-corrected chi connectivity index (χ2v) is 9.38. The standard InChI is InChI=1S/C26H40N5O/c1-21-10-8-16-28-26(21)24-13-7-14-25(31-22(2)11-9-17-29-31)30(24)18-5-4-15-27-20-23-12-3-6-19-32-23/h8-11,16-17,23-25,27H,3-7,12-15,18-20H2,1-2H3/q+1. The molecule has 4 heterocycles. The Hall–Kier alpha value is -1.89. The van der Waals surface area contributed by atoms with Crippen molar-refractivity contribution in [2.75, 3.05) is 26.2 Å². The van der Waals surface area contributed by atoms with Crippen LogP contribution in [0.3, 0.4) is 0 Å². The van der Waals surface area contributed by atoms with Gasteiger partial charge in [-0.2, -0.15) is 0 Å². The van der Waals surface area contributed by atoms with Gasteiger partial charge >= 0.3 is 0 Å². The molecule has 2 aromatic rings. The normalized spacial score (nSPS) is 24.5. The third-order valence-corrected chi connectivity index (χ3v) is 7.01. The van der Waals surface area contributed by atoms with Crippen molar-refractivity contribution in [3.63, 3.8) is 0 Å². The molecule has 2 fully saturated rings. The van der Waals surface area contributed by atoms with Crippen molar-refractivity contribution in [2.24, 2.45) is 0 Å². The molecule has 4 rings (SSSR count). The molecule has 0 aromatic carbocycles. The van der Waals surface area contributed by atoms with Crippen molar-refractivity contribution in [2.45, 2.75) is 83.5 Å². The lowest BCUT2D eigenvalue weighted by atomic mass is 9.94. The number of aromatic nitrogens is 3. The minimum Gasteiger partial charge on any atom is -0.377 e. The van der Waals surface area contributed by atoms with Gasteiger partial charge in [-0.25, -0.2) is 4.90 Å². The molecule has 3 unspecified atom stereocenters. The minimum atomic E-state index is 0.292. The number of nitrogens with zero attached hydrogens (tertiary/aromatic N) is 4. The van der Waals surface area contributed by atoms with Gasteiger partial charge in [-0.3, -0.25) is 4.98 Å². The average Bonchev–Trinajstić information content (AvgIpc) is 2.83. The largest absolute Gasteiger partial charge is 0.377 e. The van der Waals surface area contributed by atoms with Gasteiger partial charge in [0.15, 0.2) is 0 Å². The van der Waals surface area contributed by atoms with E-state index in [0.717, 1.165) is 39.1 Å². The van der Waals surface area contributed by atoms with Crippen LogP contribution in [-0.4, -0.2) is 47.3 Å². The Bertz CT molecular complexity index is 785. The lowest BCUT2D eigenvalue weighted by molar-refractivity contribution is -0.804. The number of ether oxygens (including phenoxy) is 1. The first-order valence-electron chi connectivity index (χ1n) is 12.6. The Kier molecular flexibility index (Phi) is 8.60. The molecular weight excluding hydrogens is 398 g/mol. The number of nitrogens with one attached hydrogen (secondary N) is 1. The highest BCUT2D eigenvalue weighted by atomic mass is 16.5. The van der Waals surface area contributed by atoms with Gasteiger partial charge in [0, 0.05) is 45.3 Å². The smallest absolute Gasteiger partial charge is 0.241 e. The summed E-state index contributed by atoms with van der Waals surface area (Å²) >= 11 is 0. The third kappa shape index (κ3) is 5.91. The summed E-state index contributed by atoms with van der Waals surface area (Å²) in [5.41, 5.74) is 3.74. The molecule has 0 aliphatic carbocycles. The van der Waals surface area contributed by atoms with E-state index in [2.05, 4.69) is 40.9 Å². The Morgan fingerprint density at radius 2 is 1.97 bits per heavy atom. The van der Waals surface area contributed by atoms with Crippen LogP contribution >= 0.6 is 0 Å². The van der Waals surface area contributed by atoms with Gasteiger partial charge in [-0.15, -0.1) is 0 Å². The van der Waals surface area contributed by atoms with Crippen LogP contribution in [0.1, 0.15) is 80.5 Å². The quantitative estimate of drug-likeness (QED) is 0.473. The van der Waals surface area contributed by atoms with Crippen LogP contribution in [0.25, 0.3) is 0 Å². The second kappa shape index (κ2) is 11.8. The number of aryl methyl sites for hydroxylation is 2. The second-order valence-electron chi connectivity index (χ2n) is 9.38. The van der Waals surface area contributed by atoms with E-state index in [4.69, 9.17) is 14.8 Å². The van der Waals surface area contributed by atoms with E-state index in [0.29, 0.717) is 18.3 Å². The molecule has 174 valence electrons. The molecule has 2 aromatic heterocycles. The Morgan fingerprint density at radius 3 is 2.78 bits per heavy atom. The summed E-state index contributed by atoms with van der Waals surface area (Å²) in [6.07, 6.45) is 14.1. The van der Waals surface area contributed by atoms with Gasteiger partial charge in [0.1, 0.15) is 0 Å². The summed E-state index contributed by atoms with van der Waals surface area (Å²) in [5.74, 6) is 0. The highest BCUT2D eigenvalue weighted by Gasteiger charge is 2.39. The van der Waals surface area contributed by atoms with E-state index in [1.807, 2.05) is 24.5 Å². The van der Waals surface area contributed by atoms with Crippen molar-refractivity contribution in [1.82, 2.24) is 20.3 Å². The summed E-state index contributed by atoms with van der Waals surface area (Å²) in [4.78, 5) is 7.48. The fraction of sp³-hybridized carbons (Fsp3) is 0.654. The maximum Gasteiger partial charge on any atom is 0.241 e. The van der Waals surface area contributed by atoms with Gasteiger partial charge in [0.25, 0.3) is 0 Å². The van der Waals surface area contributed by atoms with Gasteiger partial charge in [-0.05, 0) is 81.2 Å². The maximum absolute atomic E-state index is 5.84. The first kappa shape index (κ1) is 23.3. The molecule has 6 nitrogen and oxygen atoms in total. The van der Waals surface area contributed by atoms with E-state index >= 15 is 0 Å². The minimum absolute atomic E-state index is 0.292. The highest BCUT2D eigenvalue weighted by Crippen LogP contribution is 2.37. The SMILES string of the molecule is Cc1cccnc1C1CCCC([n+]2ncccc2C)N1CCCCNCC1CCCCO1. The molecule has 2 saturated heterocycles. The van der Waals surface area contributed by atoms with Gasteiger partial charge in [0.05, 0.1) is 24.0 Å². The van der Waals surface area contributed by atoms with E-state index in [1.165, 1.54) is 55.5 Å². The number of hydrogen-bond acceptors (Lipinski definition) is 5. The van der Waals surface area contributed by atoms with Crippen LogP contribution in [0.4, 0.5) is 0 Å². The number of pyridine rings is 1. The van der Waals surface area contributed by atoms with Gasteiger partial charge in [0.2, 0.25) is 11.9 Å². The Morgan fingerprint density at radius 1 is 1.06 bits per heavy atom. The van der Waals surface area contributed by atoms with Crippen LogP contribution in [0.2, 0.25) is 0 Å². The monoisotopic (exact) mass is 438 g/mol. The lowest BCUT2D eigenvalue weighted by Gasteiger charge is -2.38.